The van der Waals surface area contributed by atoms with Crippen molar-refractivity contribution in [3.8, 4) is 5.75 Å². The first-order valence-electron chi connectivity index (χ1n) is 7.38. The molecule has 4 heteroatoms. The lowest BCUT2D eigenvalue weighted by molar-refractivity contribution is 0.0209. The van der Waals surface area contributed by atoms with E-state index >= 15 is 0 Å². The molecule has 1 fully saturated rings. The number of rotatable bonds is 5. The minimum atomic E-state index is -0.464. The lowest BCUT2D eigenvalue weighted by atomic mass is 9.97. The van der Waals surface area contributed by atoms with E-state index in [9.17, 15) is 5.11 Å². The molecule has 0 aliphatic carbocycles. The largest absolute Gasteiger partial charge is 0.491 e. The van der Waals surface area contributed by atoms with Crippen LogP contribution < -0.4 is 4.74 Å². The lowest BCUT2D eigenvalue weighted by Gasteiger charge is -2.40. The highest BCUT2D eigenvalue weighted by molar-refractivity contribution is 6.30. The van der Waals surface area contributed by atoms with Crippen molar-refractivity contribution in [3.63, 3.8) is 0 Å². The molecule has 112 valence electrons. The molecule has 20 heavy (non-hydrogen) atoms. The van der Waals surface area contributed by atoms with Crippen LogP contribution in [0.5, 0.6) is 5.75 Å². The van der Waals surface area contributed by atoms with Crippen LogP contribution >= 0.6 is 11.6 Å². The topological polar surface area (TPSA) is 32.7 Å². The summed E-state index contributed by atoms with van der Waals surface area (Å²) in [6.45, 7) is 5.47. The molecule has 0 saturated carbocycles. The third-order valence-electron chi connectivity index (χ3n) is 4.05. The van der Waals surface area contributed by atoms with E-state index in [0.29, 0.717) is 30.3 Å². The van der Waals surface area contributed by atoms with E-state index in [1.54, 1.807) is 12.1 Å². The standard InChI is InChI=1S/C16H24ClNO2/c1-12-4-3-5-13(2)18(12)10-15(19)11-20-16-8-6-14(17)7-9-16/h6-9,12-13,15,19H,3-5,10-11H2,1-2H3/t12-,13-,15-/m0/s1. The van der Waals surface area contributed by atoms with Crippen molar-refractivity contribution in [3.05, 3.63) is 29.3 Å². The third-order valence-corrected chi connectivity index (χ3v) is 4.31. The zero-order chi connectivity index (χ0) is 14.5. The Hall–Kier alpha value is -0.770. The van der Waals surface area contributed by atoms with E-state index in [1.807, 2.05) is 12.1 Å². The Kier molecular flexibility index (Phi) is 5.70. The molecule has 1 aliphatic rings. The Labute approximate surface area is 126 Å². The molecule has 3 atom stereocenters. The number of halogens is 1. The zero-order valence-electron chi connectivity index (χ0n) is 12.3. The van der Waals surface area contributed by atoms with Crippen LogP contribution in [-0.2, 0) is 0 Å². The van der Waals surface area contributed by atoms with Crippen molar-refractivity contribution in [2.75, 3.05) is 13.2 Å². The lowest BCUT2D eigenvalue weighted by Crippen LogP contribution is -2.48. The molecular weight excluding hydrogens is 274 g/mol. The summed E-state index contributed by atoms with van der Waals surface area (Å²) in [6.07, 6.45) is 3.26. The van der Waals surface area contributed by atoms with Crippen LogP contribution in [0, 0.1) is 0 Å². The summed E-state index contributed by atoms with van der Waals surface area (Å²) >= 11 is 5.82. The number of hydrogen-bond acceptors (Lipinski definition) is 3. The van der Waals surface area contributed by atoms with Gasteiger partial charge in [-0.3, -0.25) is 4.90 Å². The smallest absolute Gasteiger partial charge is 0.119 e. The van der Waals surface area contributed by atoms with Crippen LogP contribution in [-0.4, -0.2) is 41.3 Å². The molecule has 0 radical (unpaired) electrons. The normalized spacial score (nSPS) is 25.4. The van der Waals surface area contributed by atoms with Gasteiger partial charge in [-0.15, -0.1) is 0 Å². The van der Waals surface area contributed by atoms with Crippen molar-refractivity contribution in [2.45, 2.75) is 51.3 Å². The van der Waals surface area contributed by atoms with Crippen molar-refractivity contribution < 1.29 is 9.84 Å². The quantitative estimate of drug-likeness (QED) is 0.905. The van der Waals surface area contributed by atoms with Crippen molar-refractivity contribution in [1.82, 2.24) is 4.90 Å². The van der Waals surface area contributed by atoms with Gasteiger partial charge in [0.1, 0.15) is 18.5 Å². The van der Waals surface area contributed by atoms with Gasteiger partial charge in [0.2, 0.25) is 0 Å². The van der Waals surface area contributed by atoms with Gasteiger partial charge in [0.25, 0.3) is 0 Å². The van der Waals surface area contributed by atoms with Gasteiger partial charge in [-0.1, -0.05) is 18.0 Å². The van der Waals surface area contributed by atoms with Crippen LogP contribution in [0.3, 0.4) is 0 Å². The number of piperidine rings is 1. The average Bonchev–Trinajstić information content (AvgIpc) is 2.42. The van der Waals surface area contributed by atoms with Crippen molar-refractivity contribution >= 4 is 11.6 Å². The van der Waals surface area contributed by atoms with Crippen LogP contribution in [0.2, 0.25) is 5.02 Å². The molecule has 0 spiro atoms. The summed E-state index contributed by atoms with van der Waals surface area (Å²) in [5.74, 6) is 0.744. The number of hydrogen-bond donors (Lipinski definition) is 1. The Bertz CT molecular complexity index is 399. The van der Waals surface area contributed by atoms with Gasteiger partial charge in [-0.2, -0.15) is 0 Å². The van der Waals surface area contributed by atoms with Crippen LogP contribution in [0.25, 0.3) is 0 Å². The zero-order valence-corrected chi connectivity index (χ0v) is 13.0. The van der Waals surface area contributed by atoms with Gasteiger partial charge in [-0.25, -0.2) is 0 Å². The predicted molar refractivity (Wildman–Crippen MR) is 82.4 cm³/mol. The first-order valence-corrected chi connectivity index (χ1v) is 7.76. The van der Waals surface area contributed by atoms with Crippen LogP contribution in [0.1, 0.15) is 33.1 Å². The summed E-state index contributed by atoms with van der Waals surface area (Å²) in [4.78, 5) is 2.39. The molecule has 2 rings (SSSR count). The molecule has 1 aromatic rings. The van der Waals surface area contributed by atoms with Gasteiger partial charge in [0.05, 0.1) is 0 Å². The van der Waals surface area contributed by atoms with Gasteiger partial charge < -0.3 is 9.84 Å². The Morgan fingerprint density at radius 1 is 1.25 bits per heavy atom. The second-order valence-corrected chi connectivity index (χ2v) is 6.18. The number of ether oxygens (including phenoxy) is 1. The second-order valence-electron chi connectivity index (χ2n) is 5.74. The van der Waals surface area contributed by atoms with E-state index < -0.39 is 6.10 Å². The molecule has 0 bridgehead atoms. The van der Waals surface area contributed by atoms with E-state index in [0.717, 1.165) is 5.75 Å². The van der Waals surface area contributed by atoms with Gasteiger partial charge in [0.15, 0.2) is 0 Å². The minimum Gasteiger partial charge on any atom is -0.491 e. The Morgan fingerprint density at radius 3 is 2.45 bits per heavy atom. The third kappa shape index (κ3) is 4.37. The van der Waals surface area contributed by atoms with E-state index in [4.69, 9.17) is 16.3 Å². The summed E-state index contributed by atoms with van der Waals surface area (Å²) in [6, 6.07) is 8.31. The van der Waals surface area contributed by atoms with Crippen molar-refractivity contribution in [1.29, 1.82) is 0 Å². The highest BCUT2D eigenvalue weighted by Crippen LogP contribution is 2.22. The molecule has 1 heterocycles. The molecule has 1 N–H and O–H groups in total. The number of β-amino-alcohol motifs (C(OH)–C–C–N with tert-alkyl or cyclic N) is 1. The predicted octanol–water partition coefficient (Wildman–Crippen LogP) is 3.34. The maximum atomic E-state index is 10.2. The number of aliphatic hydroxyl groups is 1. The molecule has 1 aromatic carbocycles. The molecule has 0 amide bonds. The van der Waals surface area contributed by atoms with Crippen LogP contribution in [0.4, 0.5) is 0 Å². The molecule has 0 unspecified atom stereocenters. The Morgan fingerprint density at radius 2 is 1.85 bits per heavy atom. The minimum absolute atomic E-state index is 0.317. The van der Waals surface area contributed by atoms with Gasteiger partial charge in [0, 0.05) is 23.7 Å². The van der Waals surface area contributed by atoms with Gasteiger partial charge >= 0.3 is 0 Å². The molecule has 1 saturated heterocycles. The summed E-state index contributed by atoms with van der Waals surface area (Å²) in [5.41, 5.74) is 0. The Balaban J connectivity index is 1.79. The van der Waals surface area contributed by atoms with E-state index in [1.165, 1.54) is 19.3 Å². The fraction of sp³-hybridized carbons (Fsp3) is 0.625. The number of aliphatic hydroxyl groups excluding tert-OH is 1. The van der Waals surface area contributed by atoms with Gasteiger partial charge in [-0.05, 0) is 51.0 Å². The molecule has 3 nitrogen and oxygen atoms in total. The van der Waals surface area contributed by atoms with E-state index in [2.05, 4.69) is 18.7 Å². The first-order chi connectivity index (χ1) is 9.56. The average molecular weight is 298 g/mol. The maximum Gasteiger partial charge on any atom is 0.119 e. The number of benzene rings is 1. The summed E-state index contributed by atoms with van der Waals surface area (Å²) in [7, 11) is 0. The summed E-state index contributed by atoms with van der Waals surface area (Å²) < 4.78 is 5.60. The fourth-order valence-corrected chi connectivity index (χ4v) is 2.98. The SMILES string of the molecule is C[C@H]1CCC[C@H](C)N1C[C@H](O)COc1ccc(Cl)cc1. The molecule has 1 aliphatic heterocycles. The molecule has 0 aromatic heterocycles. The summed E-state index contributed by atoms with van der Waals surface area (Å²) in [5, 5.41) is 10.8. The van der Waals surface area contributed by atoms with Crippen LogP contribution in [0.15, 0.2) is 24.3 Å². The first kappa shape index (κ1) is 15.6. The monoisotopic (exact) mass is 297 g/mol. The fourth-order valence-electron chi connectivity index (χ4n) is 2.85. The van der Waals surface area contributed by atoms with Crippen molar-refractivity contribution in [2.24, 2.45) is 0 Å². The highest BCUT2D eigenvalue weighted by Gasteiger charge is 2.26. The number of likely N-dealkylation sites (tertiary alicyclic amines) is 1. The second kappa shape index (κ2) is 7.30. The molecular formula is C16H24ClNO2. The number of nitrogens with zero attached hydrogens (tertiary/aromatic N) is 1. The highest BCUT2D eigenvalue weighted by atomic mass is 35.5. The maximum absolute atomic E-state index is 10.2. The van der Waals surface area contributed by atoms with E-state index in [-0.39, 0.29) is 0 Å².